The summed E-state index contributed by atoms with van der Waals surface area (Å²) in [5.41, 5.74) is 0.616. The van der Waals surface area contributed by atoms with Crippen LogP contribution < -0.4 is 0 Å². The van der Waals surface area contributed by atoms with E-state index in [1.54, 1.807) is 6.20 Å². The van der Waals surface area contributed by atoms with Crippen LogP contribution in [-0.2, 0) is 24.3 Å². The lowest BCUT2D eigenvalue weighted by Gasteiger charge is -2.35. The van der Waals surface area contributed by atoms with Gasteiger partial charge in [-0.05, 0) is 13.3 Å². The van der Waals surface area contributed by atoms with Crippen molar-refractivity contribution in [1.29, 1.82) is 0 Å². The maximum atomic E-state index is 14.0. The predicted molar refractivity (Wildman–Crippen MR) is 86.7 cm³/mol. The summed E-state index contributed by atoms with van der Waals surface area (Å²) in [6, 6.07) is 0.956. The van der Waals surface area contributed by atoms with Gasteiger partial charge >= 0.3 is 0 Å². The Kier molecular flexibility index (Phi) is 5.03. The van der Waals surface area contributed by atoms with Crippen LogP contribution >= 0.6 is 11.6 Å². The lowest BCUT2D eigenvalue weighted by Crippen LogP contribution is -2.45. The first-order valence-corrected chi connectivity index (χ1v) is 8.44. The zero-order chi connectivity index (χ0) is 18.1. The van der Waals surface area contributed by atoms with Gasteiger partial charge in [-0.2, -0.15) is 0 Å². The molecule has 4 nitrogen and oxygen atoms in total. The summed E-state index contributed by atoms with van der Waals surface area (Å²) in [6.45, 7) is 2.09. The number of nitrogens with zero attached hydrogens (tertiary/aromatic N) is 3. The predicted octanol–water partition coefficient (Wildman–Crippen LogP) is 3.19. The second-order valence-electron chi connectivity index (χ2n) is 6.12. The number of carbonyl (C=O) groups is 1. The molecule has 0 bridgehead atoms. The molecule has 0 saturated heterocycles. The van der Waals surface area contributed by atoms with Gasteiger partial charge in [-0.1, -0.05) is 0 Å². The number of carbonyl (C=O) groups excluding carboxylic acids is 1. The zero-order valence-electron chi connectivity index (χ0n) is 13.6. The molecule has 1 atom stereocenters. The molecule has 0 radical (unpaired) electrons. The molecule has 134 valence electrons. The Bertz CT molecular complexity index is 785. The van der Waals surface area contributed by atoms with Gasteiger partial charge in [0.25, 0.3) is 0 Å². The van der Waals surface area contributed by atoms with Gasteiger partial charge in [0.2, 0.25) is 5.91 Å². The molecule has 2 aromatic rings. The highest BCUT2D eigenvalue weighted by Gasteiger charge is 2.30. The number of halogens is 4. The smallest absolute Gasteiger partial charge is 0.238 e. The molecule has 0 fully saturated rings. The van der Waals surface area contributed by atoms with Crippen LogP contribution in [0, 0.1) is 24.4 Å². The van der Waals surface area contributed by atoms with E-state index in [1.165, 1.54) is 4.90 Å². The van der Waals surface area contributed by atoms with Crippen molar-refractivity contribution in [2.45, 2.75) is 38.9 Å². The van der Waals surface area contributed by atoms with Crippen molar-refractivity contribution < 1.29 is 18.0 Å². The quantitative estimate of drug-likeness (QED) is 0.774. The topological polar surface area (TPSA) is 38.1 Å². The number of amides is 1. The van der Waals surface area contributed by atoms with E-state index in [0.717, 1.165) is 11.5 Å². The first-order chi connectivity index (χ1) is 11.9. The highest BCUT2D eigenvalue weighted by atomic mass is 35.5. The minimum atomic E-state index is -1.01. The van der Waals surface area contributed by atoms with Crippen LogP contribution in [-0.4, -0.2) is 32.3 Å². The van der Waals surface area contributed by atoms with Gasteiger partial charge in [0, 0.05) is 42.6 Å². The van der Waals surface area contributed by atoms with Crippen LogP contribution in [0.3, 0.4) is 0 Å². The van der Waals surface area contributed by atoms with Crippen LogP contribution in [0.1, 0.15) is 23.5 Å². The van der Waals surface area contributed by atoms with Crippen LogP contribution in [0.25, 0.3) is 0 Å². The summed E-state index contributed by atoms with van der Waals surface area (Å²) >= 11 is 5.69. The van der Waals surface area contributed by atoms with Gasteiger partial charge in [-0.15, -0.1) is 11.6 Å². The molecule has 2 heterocycles. The number of benzene rings is 1. The molecule has 0 aliphatic carbocycles. The molecular formula is C17H17ClF3N3O. The SMILES string of the molecule is Cc1cnc2n1CC(N(Cc1c(F)cc(F)cc1F)C(=O)CCl)CC2. The third kappa shape index (κ3) is 3.51. The standard InChI is InChI=1S/C17H17ClF3N3O/c1-10-7-22-16-3-2-12(8-23(10)16)24(17(25)6-18)9-13-14(20)4-11(19)5-15(13)21/h4-5,7,12H,2-3,6,8-9H2,1H3. The van der Waals surface area contributed by atoms with E-state index in [9.17, 15) is 18.0 Å². The van der Waals surface area contributed by atoms with E-state index < -0.39 is 23.4 Å². The fraction of sp³-hybridized carbons (Fsp3) is 0.412. The Hall–Kier alpha value is -2.02. The average Bonchev–Trinajstić information content (AvgIpc) is 2.94. The van der Waals surface area contributed by atoms with E-state index in [0.29, 0.717) is 31.5 Å². The van der Waals surface area contributed by atoms with Crippen molar-refractivity contribution in [3.8, 4) is 0 Å². The molecule has 8 heteroatoms. The number of aryl methyl sites for hydroxylation is 2. The van der Waals surface area contributed by atoms with E-state index in [1.807, 2.05) is 11.5 Å². The third-order valence-electron chi connectivity index (χ3n) is 4.54. The summed E-state index contributed by atoms with van der Waals surface area (Å²) in [7, 11) is 0. The number of hydrogen-bond acceptors (Lipinski definition) is 2. The number of fused-ring (bicyclic) bond motifs is 1. The van der Waals surface area contributed by atoms with E-state index >= 15 is 0 Å². The third-order valence-corrected chi connectivity index (χ3v) is 4.77. The summed E-state index contributed by atoms with van der Waals surface area (Å²) in [5, 5.41) is 0. The fourth-order valence-corrected chi connectivity index (χ4v) is 3.36. The van der Waals surface area contributed by atoms with Crippen molar-refractivity contribution in [2.75, 3.05) is 5.88 Å². The molecule has 0 N–H and O–H groups in total. The van der Waals surface area contributed by atoms with Gasteiger partial charge in [-0.3, -0.25) is 4.79 Å². The number of alkyl halides is 1. The maximum absolute atomic E-state index is 14.0. The van der Waals surface area contributed by atoms with Crippen LogP contribution in [0.2, 0.25) is 0 Å². The van der Waals surface area contributed by atoms with Gasteiger partial charge < -0.3 is 9.47 Å². The largest absolute Gasteiger partial charge is 0.332 e. The van der Waals surface area contributed by atoms with Crippen LogP contribution in [0.4, 0.5) is 13.2 Å². The molecular weight excluding hydrogens is 355 g/mol. The molecule has 1 aromatic heterocycles. The minimum absolute atomic E-state index is 0.268. The zero-order valence-corrected chi connectivity index (χ0v) is 14.4. The summed E-state index contributed by atoms with van der Waals surface area (Å²) < 4.78 is 43.1. The summed E-state index contributed by atoms with van der Waals surface area (Å²) in [6.07, 6.45) is 3.02. The van der Waals surface area contributed by atoms with Crippen molar-refractivity contribution in [3.63, 3.8) is 0 Å². The molecule has 3 rings (SSSR count). The molecule has 1 unspecified atom stereocenters. The maximum Gasteiger partial charge on any atom is 0.238 e. The van der Waals surface area contributed by atoms with Gasteiger partial charge in [0.05, 0.1) is 12.6 Å². The lowest BCUT2D eigenvalue weighted by atomic mass is 10.0. The first kappa shape index (κ1) is 17.8. The minimum Gasteiger partial charge on any atom is -0.332 e. The van der Waals surface area contributed by atoms with Crippen LogP contribution in [0.5, 0.6) is 0 Å². The summed E-state index contributed by atoms with van der Waals surface area (Å²) in [4.78, 5) is 18.0. The highest BCUT2D eigenvalue weighted by Crippen LogP contribution is 2.24. The van der Waals surface area contributed by atoms with Crippen molar-refractivity contribution in [2.24, 2.45) is 0 Å². The van der Waals surface area contributed by atoms with Gasteiger partial charge in [0.1, 0.15) is 29.2 Å². The normalized spacial score (nSPS) is 16.6. The number of hydrogen-bond donors (Lipinski definition) is 0. The van der Waals surface area contributed by atoms with Crippen molar-refractivity contribution >= 4 is 17.5 Å². The van der Waals surface area contributed by atoms with E-state index in [-0.39, 0.29) is 24.0 Å². The Balaban J connectivity index is 1.89. The van der Waals surface area contributed by atoms with Gasteiger partial charge in [-0.25, -0.2) is 18.2 Å². The molecule has 1 aliphatic heterocycles. The Labute approximate surface area is 148 Å². The molecule has 25 heavy (non-hydrogen) atoms. The molecule has 0 spiro atoms. The van der Waals surface area contributed by atoms with Gasteiger partial charge in [0.15, 0.2) is 0 Å². The molecule has 1 amide bonds. The van der Waals surface area contributed by atoms with Crippen LogP contribution in [0.15, 0.2) is 18.3 Å². The first-order valence-electron chi connectivity index (χ1n) is 7.90. The molecule has 1 aliphatic rings. The second-order valence-corrected chi connectivity index (χ2v) is 6.39. The number of imidazole rings is 1. The average molecular weight is 372 g/mol. The number of rotatable bonds is 4. The molecule has 0 saturated carbocycles. The highest BCUT2D eigenvalue weighted by molar-refractivity contribution is 6.27. The van der Waals surface area contributed by atoms with Crippen molar-refractivity contribution in [1.82, 2.24) is 14.5 Å². The van der Waals surface area contributed by atoms with Crippen molar-refractivity contribution in [3.05, 3.63) is 52.9 Å². The fourth-order valence-electron chi connectivity index (χ4n) is 3.20. The Morgan fingerprint density at radius 3 is 2.68 bits per heavy atom. The molecule has 1 aromatic carbocycles. The Morgan fingerprint density at radius 1 is 1.36 bits per heavy atom. The monoisotopic (exact) mass is 371 g/mol. The second kappa shape index (κ2) is 7.07. The van der Waals surface area contributed by atoms with E-state index in [2.05, 4.69) is 4.98 Å². The summed E-state index contributed by atoms with van der Waals surface area (Å²) in [5.74, 6) is -2.82. The number of aromatic nitrogens is 2. The van der Waals surface area contributed by atoms with E-state index in [4.69, 9.17) is 11.6 Å². The lowest BCUT2D eigenvalue weighted by molar-refractivity contribution is -0.132. The Morgan fingerprint density at radius 2 is 2.04 bits per heavy atom.